The summed E-state index contributed by atoms with van der Waals surface area (Å²) in [6.07, 6.45) is 3.91. The van der Waals surface area contributed by atoms with Gasteiger partial charge in [-0.15, -0.1) is 0 Å². The van der Waals surface area contributed by atoms with E-state index in [1.54, 1.807) is 0 Å². The number of carbonyl (C=O) groups excluding carboxylic acids is 3. The van der Waals surface area contributed by atoms with Gasteiger partial charge in [-0.3, -0.25) is 14.4 Å². The van der Waals surface area contributed by atoms with Crippen LogP contribution in [-0.2, 0) is 27.2 Å². The minimum atomic E-state index is -1.52. The number of aliphatic hydroxyl groups is 1. The summed E-state index contributed by atoms with van der Waals surface area (Å²) in [5, 5.41) is 19.6. The quantitative estimate of drug-likeness (QED) is 0.493. The van der Waals surface area contributed by atoms with Crippen LogP contribution in [0, 0.1) is 5.92 Å². The number of amides is 3. The number of benzene rings is 1. The van der Waals surface area contributed by atoms with Crippen LogP contribution >= 0.6 is 0 Å². The van der Waals surface area contributed by atoms with Crippen molar-refractivity contribution in [3.63, 3.8) is 0 Å². The maximum atomic E-state index is 13.7. The van der Waals surface area contributed by atoms with Crippen LogP contribution in [0.5, 0.6) is 5.75 Å². The van der Waals surface area contributed by atoms with E-state index < -0.39 is 23.6 Å². The number of nitrogens with zero attached hydrogens (tertiary/aromatic N) is 1. The molecule has 0 spiro atoms. The van der Waals surface area contributed by atoms with Gasteiger partial charge >= 0.3 is 0 Å². The van der Waals surface area contributed by atoms with Gasteiger partial charge in [-0.05, 0) is 56.6 Å². The normalized spacial score (nSPS) is 25.7. The Hall–Kier alpha value is -2.65. The van der Waals surface area contributed by atoms with Crippen LogP contribution in [0.2, 0.25) is 0 Å². The molecule has 1 aromatic rings. The number of likely N-dealkylation sites (N-methyl/N-ethyl adjacent to an activating group) is 1. The van der Waals surface area contributed by atoms with Gasteiger partial charge in [-0.25, -0.2) is 0 Å². The van der Waals surface area contributed by atoms with Crippen molar-refractivity contribution in [1.29, 1.82) is 0 Å². The number of para-hydroxylation sites is 1. The van der Waals surface area contributed by atoms with Gasteiger partial charge in [0.15, 0.2) is 0 Å². The zero-order chi connectivity index (χ0) is 26.5. The Kier molecular flexibility index (Phi) is 9.35. The van der Waals surface area contributed by atoms with Crippen molar-refractivity contribution in [1.82, 2.24) is 20.9 Å². The fraction of sp³-hybridized carbons (Fsp3) is 0.667. The first-order chi connectivity index (χ1) is 17.0. The molecule has 4 atom stereocenters. The van der Waals surface area contributed by atoms with E-state index in [4.69, 9.17) is 4.74 Å². The number of carbonyl (C=O) groups is 3. The molecule has 2 aliphatic heterocycles. The van der Waals surface area contributed by atoms with Crippen LogP contribution in [0.15, 0.2) is 18.2 Å². The average Bonchev–Trinajstić information content (AvgIpc) is 2.83. The molecule has 3 unspecified atom stereocenters. The van der Waals surface area contributed by atoms with E-state index in [0.29, 0.717) is 13.1 Å². The predicted molar refractivity (Wildman–Crippen MR) is 138 cm³/mol. The lowest BCUT2D eigenvalue weighted by Gasteiger charge is -2.39. The third-order valence-corrected chi connectivity index (χ3v) is 7.26. The largest absolute Gasteiger partial charge is 0.489 e. The SMILES string of the molecule is CCC(C)[C@@H]1NCC2CCc3cccc(c3O2)CCCNC(=O)CNC(=O)C(C(C)(C)O)N(C)C1=O. The summed E-state index contributed by atoms with van der Waals surface area (Å²) in [5.41, 5.74) is 0.786. The first kappa shape index (κ1) is 27.9. The predicted octanol–water partition coefficient (Wildman–Crippen LogP) is 1.16. The first-order valence-electron chi connectivity index (χ1n) is 13.1. The zero-order valence-electron chi connectivity index (χ0n) is 22.2. The molecule has 9 nitrogen and oxygen atoms in total. The van der Waals surface area contributed by atoms with Crippen molar-refractivity contribution >= 4 is 17.7 Å². The summed E-state index contributed by atoms with van der Waals surface area (Å²) in [6.45, 7) is 7.72. The smallest absolute Gasteiger partial charge is 0.246 e. The Morgan fingerprint density at radius 1 is 1.17 bits per heavy atom. The Morgan fingerprint density at radius 3 is 2.53 bits per heavy atom. The fourth-order valence-electron chi connectivity index (χ4n) is 5.05. The topological polar surface area (TPSA) is 120 Å². The van der Waals surface area contributed by atoms with Crippen molar-refractivity contribution in [2.75, 3.05) is 26.7 Å². The fourth-order valence-corrected chi connectivity index (χ4v) is 5.05. The summed E-state index contributed by atoms with van der Waals surface area (Å²) in [7, 11) is 1.53. The van der Waals surface area contributed by atoms with Gasteiger partial charge in [0.1, 0.15) is 17.9 Å². The highest BCUT2D eigenvalue weighted by Gasteiger charge is 2.41. The molecule has 0 saturated heterocycles. The van der Waals surface area contributed by atoms with Crippen molar-refractivity contribution in [2.24, 2.45) is 5.92 Å². The number of nitrogens with one attached hydrogen (secondary N) is 3. The Bertz CT molecular complexity index is 945. The summed E-state index contributed by atoms with van der Waals surface area (Å²) < 4.78 is 6.42. The molecule has 2 aliphatic rings. The molecule has 36 heavy (non-hydrogen) atoms. The van der Waals surface area contributed by atoms with E-state index in [2.05, 4.69) is 28.1 Å². The number of hydrogen-bond donors (Lipinski definition) is 4. The second-order valence-electron chi connectivity index (χ2n) is 10.6. The molecule has 1 aromatic carbocycles. The van der Waals surface area contributed by atoms with Crippen LogP contribution in [0.25, 0.3) is 0 Å². The molecular weight excluding hydrogens is 460 g/mol. The molecule has 2 bridgehead atoms. The molecule has 4 N–H and O–H groups in total. The Balaban J connectivity index is 1.90. The second-order valence-corrected chi connectivity index (χ2v) is 10.6. The number of fused-ring (bicyclic) bond motifs is 1. The molecule has 9 heteroatoms. The highest BCUT2D eigenvalue weighted by molar-refractivity contribution is 5.92. The molecule has 0 aliphatic carbocycles. The number of ether oxygens (including phenoxy) is 1. The summed E-state index contributed by atoms with van der Waals surface area (Å²) >= 11 is 0. The third kappa shape index (κ3) is 6.76. The molecule has 3 amide bonds. The van der Waals surface area contributed by atoms with Crippen LogP contribution in [0.1, 0.15) is 58.1 Å². The van der Waals surface area contributed by atoms with Gasteiger partial charge < -0.3 is 30.7 Å². The van der Waals surface area contributed by atoms with Crippen LogP contribution < -0.4 is 20.7 Å². The van der Waals surface area contributed by atoms with E-state index in [1.807, 2.05) is 19.9 Å². The number of rotatable bonds is 3. The molecule has 0 saturated carbocycles. The van der Waals surface area contributed by atoms with E-state index in [1.165, 1.54) is 31.4 Å². The lowest BCUT2D eigenvalue weighted by Crippen LogP contribution is -2.62. The number of aryl methyl sites for hydroxylation is 2. The van der Waals surface area contributed by atoms with Gasteiger partial charge in [0, 0.05) is 20.1 Å². The average molecular weight is 503 g/mol. The maximum absolute atomic E-state index is 13.7. The molecule has 0 radical (unpaired) electrons. The Labute approximate surface area is 214 Å². The molecular formula is C27H42N4O5. The van der Waals surface area contributed by atoms with Gasteiger partial charge in [0.05, 0.1) is 18.2 Å². The lowest BCUT2D eigenvalue weighted by molar-refractivity contribution is -0.150. The third-order valence-electron chi connectivity index (χ3n) is 7.26. The van der Waals surface area contributed by atoms with E-state index in [9.17, 15) is 19.5 Å². The van der Waals surface area contributed by atoms with Gasteiger partial charge in [-0.1, -0.05) is 38.5 Å². The van der Waals surface area contributed by atoms with E-state index in [-0.39, 0.29) is 30.4 Å². The van der Waals surface area contributed by atoms with Crippen LogP contribution in [-0.4, -0.2) is 78.2 Å². The second kappa shape index (κ2) is 12.1. The zero-order valence-corrected chi connectivity index (χ0v) is 22.2. The van der Waals surface area contributed by atoms with Crippen molar-refractivity contribution < 1.29 is 24.2 Å². The molecule has 2 heterocycles. The van der Waals surface area contributed by atoms with Crippen molar-refractivity contribution in [3.05, 3.63) is 29.3 Å². The lowest BCUT2D eigenvalue weighted by atomic mass is 9.92. The van der Waals surface area contributed by atoms with Gasteiger partial charge in [0.25, 0.3) is 0 Å². The highest BCUT2D eigenvalue weighted by atomic mass is 16.5. The summed E-state index contributed by atoms with van der Waals surface area (Å²) in [6, 6.07) is 4.48. The summed E-state index contributed by atoms with van der Waals surface area (Å²) in [5.74, 6) is -0.267. The van der Waals surface area contributed by atoms with E-state index >= 15 is 0 Å². The minimum absolute atomic E-state index is 0.00622. The highest BCUT2D eigenvalue weighted by Crippen LogP contribution is 2.32. The van der Waals surface area contributed by atoms with Crippen molar-refractivity contribution in [2.45, 2.75) is 83.6 Å². The number of hydrogen-bond acceptors (Lipinski definition) is 6. The first-order valence-corrected chi connectivity index (χ1v) is 13.1. The molecule has 0 fully saturated rings. The Morgan fingerprint density at radius 2 is 1.86 bits per heavy atom. The van der Waals surface area contributed by atoms with Crippen molar-refractivity contribution in [3.8, 4) is 5.75 Å². The molecule has 0 aromatic heterocycles. The van der Waals surface area contributed by atoms with E-state index in [0.717, 1.165) is 43.4 Å². The molecule has 3 rings (SSSR count). The maximum Gasteiger partial charge on any atom is 0.246 e. The van der Waals surface area contributed by atoms with Crippen LogP contribution in [0.4, 0.5) is 0 Å². The monoisotopic (exact) mass is 502 g/mol. The summed E-state index contributed by atoms with van der Waals surface area (Å²) in [4.78, 5) is 40.4. The van der Waals surface area contributed by atoms with Crippen LogP contribution in [0.3, 0.4) is 0 Å². The van der Waals surface area contributed by atoms with Gasteiger partial charge in [-0.2, -0.15) is 0 Å². The standard InChI is InChI=1S/C27H42N4O5/c1-6-17(2)22-26(34)31(5)24(27(3,4)35)25(33)30-16-21(32)28-14-8-11-18-9-7-10-19-12-13-20(15-29-22)36-23(18)19/h7,9-10,17,20,22,24,29,35H,6,8,11-16H2,1-5H3,(H,28,32)(H,30,33)/t17?,20?,22-,24?/m0/s1. The minimum Gasteiger partial charge on any atom is -0.489 e. The van der Waals surface area contributed by atoms with Gasteiger partial charge in [0.2, 0.25) is 17.7 Å². The molecule has 200 valence electrons.